The fraction of sp³-hybridized carbons (Fsp3) is 0.500. The molecule has 8 unspecified atom stereocenters. The van der Waals surface area contributed by atoms with Gasteiger partial charge in [0.15, 0.2) is 0 Å². The fourth-order valence-corrected chi connectivity index (χ4v) is 643. The summed E-state index contributed by atoms with van der Waals surface area (Å²) >= 11 is 2.84. The first-order valence-corrected chi connectivity index (χ1v) is 51.6. The summed E-state index contributed by atoms with van der Waals surface area (Å²) in [6.07, 6.45) is 0. The third kappa shape index (κ3) is 6.50. The van der Waals surface area contributed by atoms with Crippen LogP contribution in [0.15, 0.2) is 0 Å². The topological polar surface area (TPSA) is 37.3 Å². The first-order valence-electron chi connectivity index (χ1n) is 3.04. The summed E-state index contributed by atoms with van der Waals surface area (Å²) in [7, 11) is 0. The van der Waals surface area contributed by atoms with Gasteiger partial charge in [-0.25, -0.2) is 0 Å². The van der Waals surface area contributed by atoms with Crippen LogP contribution >= 0.6 is 0 Å². The van der Waals surface area contributed by atoms with E-state index < -0.39 is 12.6 Å². The molecule has 0 amide bonds. The van der Waals surface area contributed by atoms with Crippen molar-refractivity contribution in [2.24, 2.45) is 0 Å². The van der Waals surface area contributed by atoms with Crippen LogP contribution < -0.4 is 0 Å². The van der Waals surface area contributed by atoms with Gasteiger partial charge >= 0.3 is 115 Å². The second-order valence-electron chi connectivity index (χ2n) is 1.78. The van der Waals surface area contributed by atoms with Crippen molar-refractivity contribution in [3.63, 3.8) is 0 Å². The predicted molar refractivity (Wildman–Crippen MR) is 68.6 cm³/mol. The molecule has 1 rings (SSSR count). The minimum atomic E-state index is -1.11. The molecule has 0 aliphatic carbocycles. The maximum absolute atomic E-state index is 10.9. The van der Waals surface area contributed by atoms with Crippen molar-refractivity contribution in [1.29, 1.82) is 0 Å². The number of carboxylic acid groups (broad SMARTS) is 1. The van der Waals surface area contributed by atoms with Crippen molar-refractivity contribution in [1.82, 2.24) is 0 Å². The Morgan fingerprint density at radius 2 is 1.83 bits per heavy atom. The fourth-order valence-electron chi connectivity index (χ4n) is 0.507. The van der Waals surface area contributed by atoms with Gasteiger partial charge in [-0.15, -0.1) is 0 Å². The van der Waals surface area contributed by atoms with Gasteiger partial charge in [-0.3, -0.25) is 0 Å². The van der Waals surface area contributed by atoms with Gasteiger partial charge in [0.2, 0.25) is 0 Å². The monoisotopic (exact) mass is 665 g/mol. The van der Waals surface area contributed by atoms with E-state index >= 15 is 0 Å². The molecular formula is C2H10As8O2. The molecule has 1 N–H and O–H groups in total. The summed E-state index contributed by atoms with van der Waals surface area (Å²) in [6, 6.07) is 0. The van der Waals surface area contributed by atoms with Crippen LogP contribution in [0.1, 0.15) is 0 Å². The van der Waals surface area contributed by atoms with Crippen LogP contribution in [0.25, 0.3) is 0 Å². The van der Waals surface area contributed by atoms with E-state index in [1.165, 1.54) is 4.00 Å². The van der Waals surface area contributed by atoms with Crippen LogP contribution in [0, 0.1) is 0 Å². The molecule has 70 valence electrons. The van der Waals surface area contributed by atoms with Crippen molar-refractivity contribution in [2.45, 2.75) is 4.00 Å². The molecule has 0 bridgehead atoms. The van der Waals surface area contributed by atoms with Gasteiger partial charge in [-0.1, -0.05) is 0 Å². The molecule has 0 radical (unpaired) electrons. The molecule has 12 heavy (non-hydrogen) atoms. The second kappa shape index (κ2) is 9.02. The Labute approximate surface area is 112 Å². The van der Waals surface area contributed by atoms with Gasteiger partial charge in [0.05, 0.1) is 0 Å². The summed E-state index contributed by atoms with van der Waals surface area (Å²) in [6.45, 7) is 0. The van der Waals surface area contributed by atoms with Crippen LogP contribution in [-0.4, -0.2) is 106 Å². The van der Waals surface area contributed by atoms with E-state index in [2.05, 4.69) is 0 Å². The zero-order chi connectivity index (χ0) is 8.81. The molecule has 0 saturated carbocycles. The standard InChI is InChI=1S/C2H10As8O2/c11-2(12)10-1-3-4-5-6-7-8-9-10/h3-9H,1H2,(H,11,12). The molecule has 8 atom stereocenters. The zero-order valence-corrected chi connectivity index (χ0v) is 22.6. The van der Waals surface area contributed by atoms with Crippen LogP contribution in [-0.2, 0) is 0 Å². The van der Waals surface area contributed by atoms with Crippen LogP contribution in [0.5, 0.6) is 0 Å². The SMILES string of the molecule is O=C(O)[As]1C[AsH][AsH][AsH][AsH][AsH][AsH][AsH]1. The van der Waals surface area contributed by atoms with E-state index in [0.29, 0.717) is 48.5 Å². The summed E-state index contributed by atoms with van der Waals surface area (Å²) in [5.41, 5.74) is 0. The van der Waals surface area contributed by atoms with Crippen molar-refractivity contribution in [2.75, 3.05) is 0 Å². The summed E-state index contributed by atoms with van der Waals surface area (Å²) in [4.78, 5) is 10.9. The number of carbonyl (C=O) groups is 1. The van der Waals surface area contributed by atoms with Crippen molar-refractivity contribution >= 4 is 101 Å². The summed E-state index contributed by atoms with van der Waals surface area (Å²) in [5, 5.41) is 9.03. The van der Waals surface area contributed by atoms with E-state index in [0.717, 1.165) is 23.2 Å². The van der Waals surface area contributed by atoms with Gasteiger partial charge in [-0.2, -0.15) is 0 Å². The molecule has 2 nitrogen and oxygen atoms in total. The summed E-state index contributed by atoms with van der Waals surface area (Å²) in [5.74, 6) is 0. The molecular weight excluding hydrogens is 655 g/mol. The van der Waals surface area contributed by atoms with Gasteiger partial charge in [-0.05, 0) is 0 Å². The van der Waals surface area contributed by atoms with Crippen LogP contribution in [0.2, 0.25) is 4.00 Å². The first kappa shape index (κ1) is 14.0. The van der Waals surface area contributed by atoms with Crippen molar-refractivity contribution in [3.05, 3.63) is 0 Å². The van der Waals surface area contributed by atoms with E-state index in [-0.39, 0.29) is 16.4 Å². The first-order chi connectivity index (χ1) is 5.80. The molecule has 0 aromatic heterocycles. The molecule has 1 aliphatic rings. The van der Waals surface area contributed by atoms with Gasteiger partial charge < -0.3 is 0 Å². The third-order valence-electron chi connectivity index (χ3n) is 0.997. The molecule has 1 fully saturated rings. The van der Waals surface area contributed by atoms with Crippen LogP contribution in [0.3, 0.4) is 0 Å². The number of rotatable bonds is 1. The second-order valence-corrected chi connectivity index (χ2v) is 122. The van der Waals surface area contributed by atoms with Crippen molar-refractivity contribution < 1.29 is 9.90 Å². The Balaban J connectivity index is 2.33. The normalized spacial score (nSPS) is 40.8. The minimum absolute atomic E-state index is 0.245. The molecule has 1 saturated heterocycles. The average Bonchev–Trinajstić information content (AvgIpc) is 2.15. The van der Waals surface area contributed by atoms with Crippen LogP contribution in [0.4, 0.5) is 4.79 Å². The van der Waals surface area contributed by atoms with Gasteiger partial charge in [0.1, 0.15) is 0 Å². The Kier molecular flexibility index (Phi) is 10.5. The summed E-state index contributed by atoms with van der Waals surface area (Å²) < 4.78 is 1.13. The molecule has 0 spiro atoms. The van der Waals surface area contributed by atoms with E-state index in [9.17, 15) is 4.79 Å². The Bertz CT molecular complexity index is 140. The van der Waals surface area contributed by atoms with Gasteiger partial charge in [0.25, 0.3) is 0 Å². The molecule has 0 aromatic carbocycles. The number of hydrogen-bond acceptors (Lipinski definition) is 1. The quantitative estimate of drug-likeness (QED) is 0.289. The third-order valence-corrected chi connectivity index (χ3v) is 282. The zero-order valence-electron chi connectivity index (χ0n) is 6.01. The molecule has 1 aliphatic heterocycles. The number of hydrogen-bond donors (Lipinski definition) is 1. The van der Waals surface area contributed by atoms with E-state index in [1.54, 1.807) is 0 Å². The van der Waals surface area contributed by atoms with E-state index in [1.807, 2.05) is 0 Å². The molecule has 0 aromatic rings. The van der Waals surface area contributed by atoms with Gasteiger partial charge in [0, 0.05) is 0 Å². The Morgan fingerprint density at radius 1 is 1.17 bits per heavy atom. The molecule has 10 heteroatoms. The predicted octanol–water partition coefficient (Wildman–Crippen LogP) is -4.25. The Morgan fingerprint density at radius 3 is 2.58 bits per heavy atom. The maximum atomic E-state index is 10.9. The van der Waals surface area contributed by atoms with Crippen molar-refractivity contribution in [3.8, 4) is 0 Å². The van der Waals surface area contributed by atoms with E-state index in [4.69, 9.17) is 5.11 Å². The molecule has 1 heterocycles. The average molecular weight is 665 g/mol. The Hall–Kier alpha value is 3.94.